The van der Waals surface area contributed by atoms with E-state index in [2.05, 4.69) is 0 Å². The average Bonchev–Trinajstić information content (AvgIpc) is 2.55. The van der Waals surface area contributed by atoms with Gasteiger partial charge in [0, 0.05) is 0 Å². The molecule has 1 saturated heterocycles. The van der Waals surface area contributed by atoms with Crippen LogP contribution in [-0.2, 0) is 9.53 Å². The highest BCUT2D eigenvalue weighted by molar-refractivity contribution is 5.78. The molecule has 0 aromatic heterocycles. The van der Waals surface area contributed by atoms with E-state index in [-0.39, 0.29) is 30.5 Å². The summed E-state index contributed by atoms with van der Waals surface area (Å²) in [4.78, 5) is 14.0. The zero-order valence-electron chi connectivity index (χ0n) is 12.4. The molecule has 0 spiro atoms. The van der Waals surface area contributed by atoms with E-state index in [1.165, 1.54) is 12.1 Å². The molecule has 0 unspecified atom stereocenters. The second kappa shape index (κ2) is 6.28. The predicted molar refractivity (Wildman–Crippen MR) is 81.7 cm³/mol. The van der Waals surface area contributed by atoms with Crippen LogP contribution < -0.4 is 0 Å². The van der Waals surface area contributed by atoms with Crippen LogP contribution in [0, 0.1) is 5.82 Å². The number of morpholine rings is 1. The van der Waals surface area contributed by atoms with E-state index in [0.29, 0.717) is 6.54 Å². The maximum absolute atomic E-state index is 13.4. The molecule has 2 aromatic rings. The van der Waals surface area contributed by atoms with Gasteiger partial charge in [0.15, 0.2) is 0 Å². The van der Waals surface area contributed by atoms with Crippen LogP contribution in [0.15, 0.2) is 54.6 Å². The molecule has 0 radical (unpaired) electrons. The van der Waals surface area contributed by atoms with Gasteiger partial charge in [-0.2, -0.15) is 0 Å². The summed E-state index contributed by atoms with van der Waals surface area (Å²) in [6.07, 6.45) is -0.292. The fourth-order valence-electron chi connectivity index (χ4n) is 2.78. The first-order valence-corrected chi connectivity index (χ1v) is 7.36. The van der Waals surface area contributed by atoms with Gasteiger partial charge in [-0.1, -0.05) is 42.5 Å². The fraction of sp³-hybridized carbons (Fsp3) is 0.278. The van der Waals surface area contributed by atoms with Crippen LogP contribution in [0.2, 0.25) is 0 Å². The van der Waals surface area contributed by atoms with Crippen molar-refractivity contribution in [3.63, 3.8) is 0 Å². The van der Waals surface area contributed by atoms with Crippen LogP contribution >= 0.6 is 0 Å². The van der Waals surface area contributed by atoms with Gasteiger partial charge >= 0.3 is 0 Å². The highest BCUT2D eigenvalue weighted by Gasteiger charge is 2.31. The lowest BCUT2D eigenvalue weighted by molar-refractivity contribution is -0.152. The molecular formula is C18H18FNO2. The molecule has 4 heteroatoms. The summed E-state index contributed by atoms with van der Waals surface area (Å²) in [6, 6.07) is 16.2. The Labute approximate surface area is 129 Å². The molecule has 1 amide bonds. The van der Waals surface area contributed by atoms with E-state index in [4.69, 9.17) is 4.74 Å². The minimum atomic E-state index is -0.292. The number of halogens is 1. The number of nitrogens with zero attached hydrogens (tertiary/aromatic N) is 1. The third-order valence-electron chi connectivity index (χ3n) is 4.06. The highest BCUT2D eigenvalue weighted by Crippen LogP contribution is 2.29. The molecule has 1 aliphatic rings. The van der Waals surface area contributed by atoms with Crippen molar-refractivity contribution in [2.45, 2.75) is 19.1 Å². The van der Waals surface area contributed by atoms with Crippen molar-refractivity contribution in [2.75, 3.05) is 13.2 Å². The van der Waals surface area contributed by atoms with Crippen molar-refractivity contribution in [2.24, 2.45) is 0 Å². The van der Waals surface area contributed by atoms with Gasteiger partial charge in [-0.15, -0.1) is 0 Å². The average molecular weight is 299 g/mol. The summed E-state index contributed by atoms with van der Waals surface area (Å²) in [7, 11) is 0. The molecule has 114 valence electrons. The van der Waals surface area contributed by atoms with Crippen LogP contribution in [0.1, 0.15) is 30.2 Å². The zero-order valence-corrected chi connectivity index (χ0v) is 12.4. The largest absolute Gasteiger partial charge is 0.362 e. The molecule has 1 heterocycles. The molecule has 22 heavy (non-hydrogen) atoms. The quantitative estimate of drug-likeness (QED) is 0.868. The van der Waals surface area contributed by atoms with Crippen molar-refractivity contribution in [1.29, 1.82) is 0 Å². The lowest BCUT2D eigenvalue weighted by Crippen LogP contribution is -2.44. The topological polar surface area (TPSA) is 29.5 Å². The number of hydrogen-bond acceptors (Lipinski definition) is 2. The summed E-state index contributed by atoms with van der Waals surface area (Å²) in [5.41, 5.74) is 1.84. The molecule has 3 nitrogen and oxygen atoms in total. The molecule has 0 aliphatic carbocycles. The second-order valence-corrected chi connectivity index (χ2v) is 5.49. The summed E-state index contributed by atoms with van der Waals surface area (Å²) >= 11 is 0. The standard InChI is InChI=1S/C18H18FNO2/c1-13(14-6-3-2-4-7-14)20-11-17(22-12-18(20)21)15-8-5-9-16(19)10-15/h2-10,13,17H,11-12H2,1H3/t13-,17-/m1/s1. The van der Waals surface area contributed by atoms with Crippen LogP contribution in [0.5, 0.6) is 0 Å². The van der Waals surface area contributed by atoms with Crippen molar-refractivity contribution < 1.29 is 13.9 Å². The molecule has 2 atom stereocenters. The minimum Gasteiger partial charge on any atom is -0.362 e. The van der Waals surface area contributed by atoms with Crippen molar-refractivity contribution in [3.8, 4) is 0 Å². The Morgan fingerprint density at radius 3 is 2.68 bits per heavy atom. The second-order valence-electron chi connectivity index (χ2n) is 5.49. The summed E-state index contributed by atoms with van der Waals surface area (Å²) in [5.74, 6) is -0.329. The number of ether oxygens (including phenoxy) is 1. The first-order valence-electron chi connectivity index (χ1n) is 7.36. The first kappa shape index (κ1) is 14.7. The number of carbonyl (C=O) groups excluding carboxylic acids is 1. The Bertz CT molecular complexity index is 659. The number of amides is 1. The van der Waals surface area contributed by atoms with Crippen LogP contribution in [0.25, 0.3) is 0 Å². The minimum absolute atomic E-state index is 0.0261. The number of carbonyl (C=O) groups is 1. The molecule has 0 N–H and O–H groups in total. The molecule has 2 aromatic carbocycles. The Balaban J connectivity index is 1.81. The number of rotatable bonds is 3. The van der Waals surface area contributed by atoms with Gasteiger partial charge < -0.3 is 9.64 Å². The Morgan fingerprint density at radius 1 is 1.18 bits per heavy atom. The Kier molecular flexibility index (Phi) is 4.20. The normalized spacial score (nSPS) is 20.0. The maximum Gasteiger partial charge on any atom is 0.249 e. The summed E-state index contributed by atoms with van der Waals surface area (Å²) in [5, 5.41) is 0. The molecule has 3 rings (SSSR count). The maximum atomic E-state index is 13.4. The van der Waals surface area contributed by atoms with E-state index >= 15 is 0 Å². The van der Waals surface area contributed by atoms with Gasteiger partial charge in [0.2, 0.25) is 5.91 Å². The fourth-order valence-corrected chi connectivity index (χ4v) is 2.78. The zero-order chi connectivity index (χ0) is 15.5. The van der Waals surface area contributed by atoms with Gasteiger partial charge in [0.25, 0.3) is 0 Å². The van der Waals surface area contributed by atoms with Gasteiger partial charge in [0.05, 0.1) is 12.6 Å². The number of hydrogen-bond donors (Lipinski definition) is 0. The van der Waals surface area contributed by atoms with Crippen molar-refractivity contribution >= 4 is 5.91 Å². The van der Waals surface area contributed by atoms with E-state index in [1.807, 2.05) is 43.3 Å². The van der Waals surface area contributed by atoms with Gasteiger partial charge in [-0.05, 0) is 30.2 Å². The van der Waals surface area contributed by atoms with Gasteiger partial charge in [-0.25, -0.2) is 4.39 Å². The third kappa shape index (κ3) is 3.02. The van der Waals surface area contributed by atoms with Crippen LogP contribution in [-0.4, -0.2) is 24.0 Å². The summed E-state index contributed by atoms with van der Waals surface area (Å²) in [6.45, 7) is 2.46. The molecular weight excluding hydrogens is 281 g/mol. The molecule has 0 saturated carbocycles. The SMILES string of the molecule is C[C@H](c1ccccc1)N1C[C@H](c2cccc(F)c2)OCC1=O. The third-order valence-corrected chi connectivity index (χ3v) is 4.06. The summed E-state index contributed by atoms with van der Waals surface area (Å²) < 4.78 is 19.0. The molecule has 1 aliphatic heterocycles. The lowest BCUT2D eigenvalue weighted by atomic mass is 10.0. The van der Waals surface area contributed by atoms with Gasteiger partial charge in [0.1, 0.15) is 18.5 Å². The van der Waals surface area contributed by atoms with Crippen LogP contribution in [0.3, 0.4) is 0 Å². The monoisotopic (exact) mass is 299 g/mol. The van der Waals surface area contributed by atoms with Crippen LogP contribution in [0.4, 0.5) is 4.39 Å². The predicted octanol–water partition coefficient (Wildman–Crippen LogP) is 3.49. The van der Waals surface area contributed by atoms with Gasteiger partial charge in [-0.3, -0.25) is 4.79 Å². The Morgan fingerprint density at radius 2 is 1.95 bits per heavy atom. The van der Waals surface area contributed by atoms with E-state index in [0.717, 1.165) is 11.1 Å². The smallest absolute Gasteiger partial charge is 0.249 e. The van der Waals surface area contributed by atoms with Crippen molar-refractivity contribution in [3.05, 3.63) is 71.5 Å². The molecule has 1 fully saturated rings. The highest BCUT2D eigenvalue weighted by atomic mass is 19.1. The van der Waals surface area contributed by atoms with E-state index in [9.17, 15) is 9.18 Å². The lowest BCUT2D eigenvalue weighted by Gasteiger charge is -2.37. The molecule has 0 bridgehead atoms. The van der Waals surface area contributed by atoms with E-state index in [1.54, 1.807) is 11.0 Å². The number of benzene rings is 2. The Hall–Kier alpha value is -2.20. The van der Waals surface area contributed by atoms with E-state index < -0.39 is 0 Å². The first-order chi connectivity index (χ1) is 10.6. The van der Waals surface area contributed by atoms with Crippen molar-refractivity contribution in [1.82, 2.24) is 4.90 Å².